The van der Waals surface area contributed by atoms with Crippen molar-refractivity contribution in [1.82, 2.24) is 5.32 Å². The Balaban J connectivity index is 1.35. The number of amides is 1. The summed E-state index contributed by atoms with van der Waals surface area (Å²) in [5.74, 6) is 0.222. The number of hydrogen-bond acceptors (Lipinski definition) is 4. The molecule has 40 heavy (non-hydrogen) atoms. The number of nitrogens with zero attached hydrogens (tertiary/aromatic N) is 1. The zero-order valence-electron chi connectivity index (χ0n) is 22.0. The van der Waals surface area contributed by atoms with E-state index in [1.807, 2.05) is 66.7 Å². The topological polar surface area (TPSA) is 50.7 Å². The molecule has 1 aliphatic carbocycles. The summed E-state index contributed by atoms with van der Waals surface area (Å²) in [6, 6.07) is 28.5. The number of ether oxygens (including phenoxy) is 1. The second-order valence-electron chi connectivity index (χ2n) is 9.90. The molecule has 0 saturated carbocycles. The Morgan fingerprint density at radius 3 is 2.58 bits per heavy atom. The molecular weight excluding hydrogens is 519 g/mol. The van der Waals surface area contributed by atoms with Crippen LogP contribution in [-0.2, 0) is 26.0 Å². The van der Waals surface area contributed by atoms with Gasteiger partial charge in [0, 0.05) is 28.8 Å². The lowest BCUT2D eigenvalue weighted by Crippen LogP contribution is -2.24. The molecule has 6 rings (SSSR count). The lowest BCUT2D eigenvalue weighted by Gasteiger charge is -2.13. The zero-order valence-corrected chi connectivity index (χ0v) is 22.8. The molecular formula is C34H29FN2O2S. The first-order valence-electron chi connectivity index (χ1n) is 13.6. The van der Waals surface area contributed by atoms with Crippen molar-refractivity contribution in [2.24, 2.45) is 4.99 Å². The van der Waals surface area contributed by atoms with Crippen molar-refractivity contribution >= 4 is 39.2 Å². The van der Waals surface area contributed by atoms with E-state index in [0.717, 1.165) is 53.1 Å². The molecule has 1 N–H and O–H groups in total. The molecule has 0 radical (unpaired) electrons. The molecule has 0 atom stereocenters. The van der Waals surface area contributed by atoms with E-state index in [1.165, 1.54) is 10.9 Å². The highest BCUT2D eigenvalue weighted by atomic mass is 32.1. The van der Waals surface area contributed by atoms with Crippen LogP contribution in [0.15, 0.2) is 96.0 Å². The summed E-state index contributed by atoms with van der Waals surface area (Å²) in [6.07, 6.45) is 5.85. The predicted molar refractivity (Wildman–Crippen MR) is 161 cm³/mol. The van der Waals surface area contributed by atoms with Gasteiger partial charge in [0.1, 0.15) is 23.2 Å². The number of halogens is 1. The van der Waals surface area contributed by atoms with Crippen LogP contribution in [0.3, 0.4) is 0 Å². The highest BCUT2D eigenvalue weighted by Crippen LogP contribution is 2.40. The van der Waals surface area contributed by atoms with Crippen molar-refractivity contribution in [3.05, 3.63) is 130 Å². The lowest BCUT2D eigenvalue weighted by atomic mass is 9.95. The predicted octanol–water partition coefficient (Wildman–Crippen LogP) is 8.18. The smallest absolute Gasteiger partial charge is 0.254 e. The van der Waals surface area contributed by atoms with Gasteiger partial charge in [-0.15, -0.1) is 11.3 Å². The Morgan fingerprint density at radius 2 is 1.70 bits per heavy atom. The lowest BCUT2D eigenvalue weighted by molar-refractivity contribution is 0.0951. The van der Waals surface area contributed by atoms with Crippen LogP contribution in [-0.4, -0.2) is 12.1 Å². The van der Waals surface area contributed by atoms with Crippen molar-refractivity contribution in [3.8, 4) is 5.75 Å². The fourth-order valence-corrected chi connectivity index (χ4v) is 6.40. The van der Waals surface area contributed by atoms with Crippen LogP contribution in [0.2, 0.25) is 0 Å². The van der Waals surface area contributed by atoms with E-state index in [2.05, 4.69) is 5.32 Å². The summed E-state index contributed by atoms with van der Waals surface area (Å²) in [6.45, 7) is 0.567. The van der Waals surface area contributed by atoms with E-state index in [9.17, 15) is 9.18 Å². The second kappa shape index (κ2) is 11.8. The summed E-state index contributed by atoms with van der Waals surface area (Å²) >= 11 is 1.61. The molecule has 0 bridgehead atoms. The van der Waals surface area contributed by atoms with Gasteiger partial charge in [-0.1, -0.05) is 78.9 Å². The monoisotopic (exact) mass is 548 g/mol. The average Bonchev–Trinajstić information content (AvgIpc) is 3.37. The molecule has 4 nitrogen and oxygen atoms in total. The van der Waals surface area contributed by atoms with Crippen molar-refractivity contribution in [3.63, 3.8) is 0 Å². The minimum Gasteiger partial charge on any atom is -0.488 e. The van der Waals surface area contributed by atoms with Crippen LogP contribution in [0.4, 0.5) is 9.39 Å². The minimum atomic E-state index is -0.297. The molecule has 1 heterocycles. The van der Waals surface area contributed by atoms with E-state index in [0.29, 0.717) is 28.4 Å². The Morgan fingerprint density at radius 1 is 0.925 bits per heavy atom. The van der Waals surface area contributed by atoms with Crippen LogP contribution in [0.25, 0.3) is 10.8 Å². The molecule has 5 aromatic rings. The number of fused-ring (bicyclic) bond motifs is 2. The molecule has 6 heteroatoms. The van der Waals surface area contributed by atoms with Crippen LogP contribution in [0, 0.1) is 5.82 Å². The number of rotatable bonds is 8. The van der Waals surface area contributed by atoms with Crippen LogP contribution in [0.1, 0.15) is 50.3 Å². The average molecular weight is 549 g/mol. The van der Waals surface area contributed by atoms with Crippen molar-refractivity contribution in [2.75, 3.05) is 0 Å². The Labute approximate surface area is 237 Å². The van der Waals surface area contributed by atoms with E-state index >= 15 is 0 Å². The highest BCUT2D eigenvalue weighted by Gasteiger charge is 2.25. The van der Waals surface area contributed by atoms with Gasteiger partial charge in [-0.05, 0) is 59.7 Å². The number of thiophene rings is 1. The zero-order chi connectivity index (χ0) is 27.3. The molecule has 0 unspecified atom stereocenters. The number of hydrogen-bond donors (Lipinski definition) is 1. The quantitative estimate of drug-likeness (QED) is 0.199. The Kier molecular flexibility index (Phi) is 7.69. The van der Waals surface area contributed by atoms with Crippen LogP contribution in [0.5, 0.6) is 5.75 Å². The molecule has 0 fully saturated rings. The first-order chi connectivity index (χ1) is 19.7. The van der Waals surface area contributed by atoms with E-state index < -0.39 is 0 Å². The summed E-state index contributed by atoms with van der Waals surface area (Å²) in [4.78, 5) is 19.7. The SMILES string of the molecule is O=C(NCc1ccccc1)c1c(N=Cc2c(OCc3ccccc3F)ccc3ccccc23)sc2c1CCCC2. The maximum Gasteiger partial charge on any atom is 0.254 e. The van der Waals surface area contributed by atoms with Gasteiger partial charge in [0.15, 0.2) is 0 Å². The Bertz CT molecular complexity index is 1690. The fraction of sp³-hybridized carbons (Fsp3) is 0.176. The maximum atomic E-state index is 14.3. The molecule has 0 spiro atoms. The molecule has 0 saturated heterocycles. The van der Waals surface area contributed by atoms with Crippen molar-refractivity contribution in [2.45, 2.75) is 38.8 Å². The largest absolute Gasteiger partial charge is 0.488 e. The molecule has 200 valence electrons. The van der Waals surface area contributed by atoms with E-state index in [1.54, 1.807) is 35.8 Å². The van der Waals surface area contributed by atoms with Crippen molar-refractivity contribution in [1.29, 1.82) is 0 Å². The normalized spacial score (nSPS) is 12.9. The number of nitrogens with one attached hydrogen (secondary N) is 1. The maximum absolute atomic E-state index is 14.3. The number of carbonyl (C=O) groups excluding carboxylic acids is 1. The first kappa shape index (κ1) is 26.0. The van der Waals surface area contributed by atoms with E-state index in [4.69, 9.17) is 9.73 Å². The van der Waals surface area contributed by atoms with Gasteiger partial charge in [0.25, 0.3) is 5.91 Å². The van der Waals surface area contributed by atoms with Gasteiger partial charge in [-0.25, -0.2) is 9.38 Å². The minimum absolute atomic E-state index is 0.0932. The summed E-state index contributed by atoms with van der Waals surface area (Å²) in [5.41, 5.74) is 4.15. The second-order valence-corrected chi connectivity index (χ2v) is 11.0. The number of carbonyl (C=O) groups is 1. The third kappa shape index (κ3) is 5.54. The van der Waals surface area contributed by atoms with Gasteiger partial charge >= 0.3 is 0 Å². The van der Waals surface area contributed by atoms with Crippen LogP contribution >= 0.6 is 11.3 Å². The van der Waals surface area contributed by atoms with Gasteiger partial charge in [0.05, 0.1) is 5.56 Å². The number of aryl methyl sites for hydroxylation is 1. The third-order valence-corrected chi connectivity index (χ3v) is 8.46. The molecule has 4 aromatic carbocycles. The molecule has 1 amide bonds. The molecule has 0 aliphatic heterocycles. The van der Waals surface area contributed by atoms with Crippen LogP contribution < -0.4 is 10.1 Å². The van der Waals surface area contributed by atoms with E-state index in [-0.39, 0.29) is 18.3 Å². The van der Waals surface area contributed by atoms with Gasteiger partial charge in [0.2, 0.25) is 0 Å². The Hall–Kier alpha value is -4.29. The van der Waals surface area contributed by atoms with Crippen molar-refractivity contribution < 1.29 is 13.9 Å². The summed E-state index contributed by atoms with van der Waals surface area (Å²) in [7, 11) is 0. The number of benzene rings is 4. The van der Waals surface area contributed by atoms with Gasteiger partial charge in [-0.2, -0.15) is 0 Å². The van der Waals surface area contributed by atoms with Gasteiger partial charge in [-0.3, -0.25) is 4.79 Å². The standard InChI is InChI=1S/C34H29FN2O2S/c35-29-16-8-5-13-25(29)22-39-30-19-18-24-12-4-6-14-26(24)28(30)21-37-34-32(27-15-7-9-17-31(27)40-34)33(38)36-20-23-10-2-1-3-11-23/h1-6,8,10-14,16,18-19,21H,7,9,15,17,20,22H2,(H,36,38). The summed E-state index contributed by atoms with van der Waals surface area (Å²) in [5, 5.41) is 5.85. The first-order valence-corrected chi connectivity index (χ1v) is 14.4. The third-order valence-electron chi connectivity index (χ3n) is 7.26. The molecule has 1 aromatic heterocycles. The summed E-state index contributed by atoms with van der Waals surface area (Å²) < 4.78 is 20.4. The highest BCUT2D eigenvalue weighted by molar-refractivity contribution is 7.16. The number of aliphatic imine (C=N–C) groups is 1. The fourth-order valence-electron chi connectivity index (χ4n) is 5.17. The molecule has 1 aliphatic rings. The van der Waals surface area contributed by atoms with Gasteiger partial charge < -0.3 is 10.1 Å².